The van der Waals surface area contributed by atoms with E-state index in [9.17, 15) is 18.0 Å². The molecule has 0 saturated heterocycles. The molecule has 3 rings (SSSR count). The van der Waals surface area contributed by atoms with Crippen LogP contribution in [0.2, 0.25) is 5.15 Å². The average molecular weight is 389 g/mol. The third kappa shape index (κ3) is 3.91. The van der Waals surface area contributed by atoms with Crippen molar-refractivity contribution >= 4 is 45.9 Å². The number of thiazole rings is 1. The number of carbonyl (C=O) groups excluding carboxylic acids is 1. The van der Waals surface area contributed by atoms with E-state index in [4.69, 9.17) is 11.6 Å². The first-order valence-electron chi connectivity index (χ1n) is 6.64. The Kier molecular flexibility index (Phi) is 4.64. The molecule has 1 N–H and O–H groups in total. The standard InChI is InChI=1S/C14H8ClF3N4O2S/c15-11-10(22-4-5-25-12(22)21-11)7-19-24-13(23)20-9-3-1-2-8(6-9)14(16,17)18/h1-7H,(H,20,23). The number of imidazole rings is 1. The van der Waals surface area contributed by atoms with Crippen molar-refractivity contribution in [2.75, 3.05) is 5.32 Å². The molecule has 0 saturated carbocycles. The van der Waals surface area contributed by atoms with Crippen LogP contribution in [0.15, 0.2) is 41.0 Å². The molecular formula is C14H8ClF3N4O2S. The normalized spacial score (nSPS) is 12.0. The highest BCUT2D eigenvalue weighted by Crippen LogP contribution is 2.30. The van der Waals surface area contributed by atoms with E-state index < -0.39 is 17.8 Å². The van der Waals surface area contributed by atoms with Gasteiger partial charge >= 0.3 is 12.3 Å². The van der Waals surface area contributed by atoms with Crippen molar-refractivity contribution in [2.45, 2.75) is 6.18 Å². The van der Waals surface area contributed by atoms with Crippen LogP contribution in [0.25, 0.3) is 4.96 Å². The Morgan fingerprint density at radius 2 is 2.24 bits per heavy atom. The Balaban J connectivity index is 1.65. The fourth-order valence-electron chi connectivity index (χ4n) is 1.93. The van der Waals surface area contributed by atoms with Gasteiger partial charge in [-0.1, -0.05) is 22.8 Å². The molecule has 0 aliphatic heterocycles. The molecule has 6 nitrogen and oxygen atoms in total. The summed E-state index contributed by atoms with van der Waals surface area (Å²) >= 11 is 7.30. The molecule has 0 unspecified atom stereocenters. The van der Waals surface area contributed by atoms with Crippen LogP contribution in [0.3, 0.4) is 0 Å². The minimum Gasteiger partial charge on any atom is -0.298 e. The second-order valence-corrected chi connectivity index (χ2v) is 5.89. The first-order valence-corrected chi connectivity index (χ1v) is 7.90. The molecule has 0 bridgehead atoms. The number of nitrogens with zero attached hydrogens (tertiary/aromatic N) is 3. The lowest BCUT2D eigenvalue weighted by molar-refractivity contribution is -0.137. The summed E-state index contributed by atoms with van der Waals surface area (Å²) in [5.74, 6) is 0. The van der Waals surface area contributed by atoms with E-state index in [0.29, 0.717) is 10.7 Å². The maximum atomic E-state index is 12.6. The van der Waals surface area contributed by atoms with Crippen LogP contribution >= 0.6 is 22.9 Å². The van der Waals surface area contributed by atoms with Gasteiger partial charge in [0.05, 0.1) is 11.8 Å². The number of anilines is 1. The lowest BCUT2D eigenvalue weighted by Gasteiger charge is -2.08. The molecule has 0 radical (unpaired) electrons. The summed E-state index contributed by atoms with van der Waals surface area (Å²) in [5, 5.41) is 7.59. The van der Waals surface area contributed by atoms with Gasteiger partial charge in [-0.05, 0) is 18.2 Å². The number of hydrogen-bond donors (Lipinski definition) is 1. The largest absolute Gasteiger partial charge is 0.437 e. The number of rotatable bonds is 3. The molecular weight excluding hydrogens is 381 g/mol. The van der Waals surface area contributed by atoms with Crippen LogP contribution in [0.4, 0.5) is 23.7 Å². The molecule has 11 heteroatoms. The van der Waals surface area contributed by atoms with Crippen molar-refractivity contribution in [3.05, 3.63) is 52.3 Å². The summed E-state index contributed by atoms with van der Waals surface area (Å²) in [6, 6.07) is 4.14. The third-order valence-electron chi connectivity index (χ3n) is 3.00. The van der Waals surface area contributed by atoms with Gasteiger partial charge in [0, 0.05) is 17.3 Å². The number of amides is 1. The molecule has 3 aromatic rings. The molecule has 25 heavy (non-hydrogen) atoms. The predicted octanol–water partition coefficient (Wildman–Crippen LogP) is 4.65. The van der Waals surface area contributed by atoms with Crippen LogP contribution < -0.4 is 5.32 Å². The number of alkyl halides is 3. The second kappa shape index (κ2) is 6.73. The van der Waals surface area contributed by atoms with Crippen LogP contribution in [0.5, 0.6) is 0 Å². The minimum atomic E-state index is -4.51. The lowest BCUT2D eigenvalue weighted by atomic mass is 10.2. The van der Waals surface area contributed by atoms with Crippen LogP contribution in [0, 0.1) is 0 Å². The highest BCUT2D eigenvalue weighted by Gasteiger charge is 2.30. The molecule has 0 fully saturated rings. The zero-order valence-electron chi connectivity index (χ0n) is 12.1. The zero-order valence-corrected chi connectivity index (χ0v) is 13.7. The monoisotopic (exact) mass is 388 g/mol. The van der Waals surface area contributed by atoms with Crippen LogP contribution in [0.1, 0.15) is 11.3 Å². The van der Waals surface area contributed by atoms with Crippen molar-refractivity contribution in [2.24, 2.45) is 5.16 Å². The summed E-state index contributed by atoms with van der Waals surface area (Å²) < 4.78 is 39.5. The van der Waals surface area contributed by atoms with Gasteiger partial charge < -0.3 is 0 Å². The number of nitrogens with one attached hydrogen (secondary N) is 1. The number of hydrogen-bond acceptors (Lipinski definition) is 5. The predicted molar refractivity (Wildman–Crippen MR) is 87.2 cm³/mol. The Morgan fingerprint density at radius 1 is 1.44 bits per heavy atom. The van der Waals surface area contributed by atoms with E-state index >= 15 is 0 Å². The Bertz CT molecular complexity index is 951. The van der Waals surface area contributed by atoms with Gasteiger partial charge in [-0.2, -0.15) is 13.2 Å². The smallest absolute Gasteiger partial charge is 0.298 e. The Labute approximate surface area is 147 Å². The highest BCUT2D eigenvalue weighted by molar-refractivity contribution is 7.15. The van der Waals surface area contributed by atoms with E-state index in [-0.39, 0.29) is 10.8 Å². The van der Waals surface area contributed by atoms with E-state index in [0.717, 1.165) is 12.1 Å². The second-order valence-electron chi connectivity index (χ2n) is 4.66. The van der Waals surface area contributed by atoms with Gasteiger partial charge in [0.2, 0.25) is 0 Å². The van der Waals surface area contributed by atoms with Crippen molar-refractivity contribution in [1.29, 1.82) is 0 Å². The van der Waals surface area contributed by atoms with E-state index in [2.05, 4.69) is 20.3 Å². The topological polar surface area (TPSA) is 68.0 Å². The SMILES string of the molecule is O=C(Nc1cccc(C(F)(F)F)c1)ON=Cc1c(Cl)nc2sccn12. The molecule has 130 valence electrons. The Hall–Kier alpha value is -2.59. The summed E-state index contributed by atoms with van der Waals surface area (Å²) in [5.41, 5.74) is -0.554. The maximum Gasteiger partial charge on any atom is 0.437 e. The number of benzene rings is 1. The number of aromatic nitrogens is 2. The molecule has 0 aliphatic carbocycles. The summed E-state index contributed by atoms with van der Waals surface area (Å²) in [6.07, 6.45) is -2.66. The molecule has 0 aliphatic rings. The van der Waals surface area contributed by atoms with E-state index in [1.807, 2.05) is 0 Å². The first-order chi connectivity index (χ1) is 11.8. The molecule has 0 atom stereocenters. The van der Waals surface area contributed by atoms with Gasteiger partial charge in [-0.3, -0.25) is 14.6 Å². The maximum absolute atomic E-state index is 12.6. The van der Waals surface area contributed by atoms with Crippen LogP contribution in [-0.2, 0) is 11.0 Å². The van der Waals surface area contributed by atoms with Gasteiger partial charge in [0.15, 0.2) is 10.1 Å². The minimum absolute atomic E-state index is 0.0716. The highest BCUT2D eigenvalue weighted by atomic mass is 35.5. The fourth-order valence-corrected chi connectivity index (χ4v) is 2.92. The van der Waals surface area contributed by atoms with Crippen molar-refractivity contribution in [3.8, 4) is 0 Å². The average Bonchev–Trinajstić information content (AvgIpc) is 3.09. The molecule has 1 aromatic carbocycles. The summed E-state index contributed by atoms with van der Waals surface area (Å²) in [6.45, 7) is 0. The van der Waals surface area contributed by atoms with Crippen molar-refractivity contribution in [1.82, 2.24) is 9.38 Å². The first kappa shape index (κ1) is 17.2. The molecule has 2 heterocycles. The Morgan fingerprint density at radius 3 is 3.00 bits per heavy atom. The van der Waals surface area contributed by atoms with E-state index in [1.165, 1.54) is 29.7 Å². The van der Waals surface area contributed by atoms with Crippen molar-refractivity contribution < 1.29 is 22.8 Å². The summed E-state index contributed by atoms with van der Waals surface area (Å²) in [4.78, 5) is 20.9. The van der Waals surface area contributed by atoms with E-state index in [1.54, 1.807) is 16.0 Å². The van der Waals surface area contributed by atoms with Gasteiger partial charge in [-0.15, -0.1) is 11.3 Å². The van der Waals surface area contributed by atoms with Crippen LogP contribution in [-0.4, -0.2) is 21.7 Å². The number of halogens is 4. The van der Waals surface area contributed by atoms with Gasteiger partial charge in [-0.25, -0.2) is 9.78 Å². The zero-order chi connectivity index (χ0) is 18.0. The van der Waals surface area contributed by atoms with Crippen molar-refractivity contribution in [3.63, 3.8) is 0 Å². The number of oxime groups is 1. The molecule has 0 spiro atoms. The van der Waals surface area contributed by atoms with Gasteiger partial charge in [0.25, 0.3) is 0 Å². The quantitative estimate of drug-likeness (QED) is 0.403. The fraction of sp³-hybridized carbons (Fsp3) is 0.0714. The third-order valence-corrected chi connectivity index (χ3v) is 4.04. The number of fused-ring (bicyclic) bond motifs is 1. The molecule has 2 aromatic heterocycles. The summed E-state index contributed by atoms with van der Waals surface area (Å²) in [7, 11) is 0. The lowest BCUT2D eigenvalue weighted by Crippen LogP contribution is -2.12. The molecule has 1 amide bonds. The van der Waals surface area contributed by atoms with Gasteiger partial charge in [0.1, 0.15) is 5.69 Å². The number of carbonyl (C=O) groups is 1.